The minimum absolute atomic E-state index is 0.00390. The fourth-order valence-corrected chi connectivity index (χ4v) is 5.85. The number of fused-ring (bicyclic) bond motifs is 4. The molecule has 1 aromatic carbocycles. The number of H-pyrrole nitrogens is 2. The summed E-state index contributed by atoms with van der Waals surface area (Å²) in [6.07, 6.45) is 6.90. The average molecular weight is 436 g/mol. The van der Waals surface area contributed by atoms with Gasteiger partial charge < -0.3 is 14.7 Å². The molecule has 160 valence electrons. The number of nitrogens with zero attached hydrogens (tertiary/aromatic N) is 1. The third-order valence-corrected chi connectivity index (χ3v) is 7.23. The van der Waals surface area contributed by atoms with E-state index in [0.717, 1.165) is 47.0 Å². The third kappa shape index (κ3) is 4.02. The fourth-order valence-electron chi connectivity index (χ4n) is 4.44. The van der Waals surface area contributed by atoms with Crippen LogP contribution in [0.1, 0.15) is 48.0 Å². The zero-order valence-corrected chi connectivity index (χ0v) is 18.3. The normalized spacial score (nSPS) is 16.0. The van der Waals surface area contributed by atoms with Gasteiger partial charge in [-0.2, -0.15) is 0 Å². The van der Waals surface area contributed by atoms with Gasteiger partial charge in [-0.25, -0.2) is 4.98 Å². The summed E-state index contributed by atoms with van der Waals surface area (Å²) in [6.45, 7) is 2.24. The highest BCUT2D eigenvalue weighted by Gasteiger charge is 2.23. The van der Waals surface area contributed by atoms with E-state index < -0.39 is 0 Å². The van der Waals surface area contributed by atoms with E-state index in [0.29, 0.717) is 24.6 Å². The van der Waals surface area contributed by atoms with Gasteiger partial charge in [0.1, 0.15) is 17.3 Å². The molecule has 0 fully saturated rings. The molecule has 5 rings (SSSR count). The monoisotopic (exact) mass is 435 g/mol. The predicted molar refractivity (Wildman–Crippen MR) is 122 cm³/mol. The summed E-state index contributed by atoms with van der Waals surface area (Å²) in [4.78, 5) is 37.5. The summed E-state index contributed by atoms with van der Waals surface area (Å²) >= 11 is 1.60. The van der Waals surface area contributed by atoms with E-state index >= 15 is 0 Å². The Hall–Kier alpha value is -2.93. The van der Waals surface area contributed by atoms with Crippen LogP contribution in [0.5, 0.6) is 0 Å². The number of aromatic nitrogens is 3. The first-order chi connectivity index (χ1) is 15.1. The molecule has 0 radical (unpaired) electrons. The molecule has 0 saturated carbocycles. The molecule has 0 amide bonds. The van der Waals surface area contributed by atoms with Crippen molar-refractivity contribution in [3.05, 3.63) is 62.6 Å². The summed E-state index contributed by atoms with van der Waals surface area (Å²) in [5.41, 5.74) is 3.35. The number of carbonyl (C=O) groups is 1. The molecular formula is C24H25N3O3S. The molecule has 1 atom stereocenters. The lowest BCUT2D eigenvalue weighted by Crippen LogP contribution is -2.16. The summed E-state index contributed by atoms with van der Waals surface area (Å²) in [6, 6.07) is 8.15. The van der Waals surface area contributed by atoms with Gasteiger partial charge in [0.05, 0.1) is 5.39 Å². The van der Waals surface area contributed by atoms with Gasteiger partial charge in [0.25, 0.3) is 5.56 Å². The number of hydrogen-bond acceptors (Lipinski definition) is 5. The van der Waals surface area contributed by atoms with E-state index in [1.54, 1.807) is 11.3 Å². The van der Waals surface area contributed by atoms with Crippen LogP contribution in [0.15, 0.2) is 35.3 Å². The topological polar surface area (TPSA) is 87.8 Å². The summed E-state index contributed by atoms with van der Waals surface area (Å²) < 4.78 is 5.38. The number of thiophene rings is 1. The van der Waals surface area contributed by atoms with Crippen LogP contribution in [0.4, 0.5) is 0 Å². The summed E-state index contributed by atoms with van der Waals surface area (Å²) in [5, 5.41) is 1.92. The van der Waals surface area contributed by atoms with Crippen LogP contribution in [0.25, 0.3) is 21.1 Å². The maximum Gasteiger partial charge on any atom is 0.306 e. The van der Waals surface area contributed by atoms with Crippen molar-refractivity contribution in [2.75, 3.05) is 0 Å². The van der Waals surface area contributed by atoms with Gasteiger partial charge in [0.2, 0.25) is 0 Å². The maximum atomic E-state index is 12.6. The van der Waals surface area contributed by atoms with Gasteiger partial charge in [0, 0.05) is 28.4 Å². The quantitative estimate of drug-likeness (QED) is 0.431. The van der Waals surface area contributed by atoms with Crippen molar-refractivity contribution in [3.8, 4) is 0 Å². The third-order valence-electron chi connectivity index (χ3n) is 6.09. The second-order valence-corrected chi connectivity index (χ2v) is 9.50. The number of esters is 1. The van der Waals surface area contributed by atoms with Crippen LogP contribution in [-0.4, -0.2) is 20.9 Å². The molecule has 3 heterocycles. The molecule has 0 aliphatic heterocycles. The van der Waals surface area contributed by atoms with Crippen molar-refractivity contribution >= 4 is 38.4 Å². The van der Waals surface area contributed by atoms with Crippen LogP contribution < -0.4 is 5.56 Å². The Kier molecular flexibility index (Phi) is 5.36. The molecule has 4 aromatic rings. The Morgan fingerprint density at radius 2 is 2.19 bits per heavy atom. The molecule has 6 nitrogen and oxygen atoms in total. The first kappa shape index (κ1) is 20.0. The standard InChI is InChI=1S/C24H25N3O3S/c1-14-9-10-17-19(11-14)31-24-22(17)23(29)26-20(27-24)13-30-21(28)8-4-5-15-12-25-18-7-3-2-6-16(15)18/h2-3,6-7,12,14,25H,4-5,8-11,13H2,1H3,(H,26,27,29). The Morgan fingerprint density at radius 1 is 1.32 bits per heavy atom. The van der Waals surface area contributed by atoms with E-state index in [4.69, 9.17) is 4.74 Å². The lowest BCUT2D eigenvalue weighted by atomic mass is 9.89. The molecule has 7 heteroatoms. The summed E-state index contributed by atoms with van der Waals surface area (Å²) in [5.74, 6) is 0.778. The molecule has 2 N–H and O–H groups in total. The number of nitrogens with one attached hydrogen (secondary N) is 2. The predicted octanol–water partition coefficient (Wildman–Crippen LogP) is 4.66. The molecule has 1 unspecified atom stereocenters. The van der Waals surface area contributed by atoms with E-state index in [-0.39, 0.29) is 18.1 Å². The highest BCUT2D eigenvalue weighted by Crippen LogP contribution is 2.35. The summed E-state index contributed by atoms with van der Waals surface area (Å²) in [7, 11) is 0. The SMILES string of the molecule is CC1CCc2c(sc3nc(COC(=O)CCCc4c[nH]c5ccccc45)[nH]c(=O)c23)C1. The highest BCUT2D eigenvalue weighted by atomic mass is 32.1. The number of para-hydroxylation sites is 1. The van der Waals surface area contributed by atoms with Gasteiger partial charge in [-0.15, -0.1) is 11.3 Å². The first-order valence-corrected chi connectivity index (χ1v) is 11.6. The minimum atomic E-state index is -0.276. The second-order valence-electron chi connectivity index (χ2n) is 8.42. The van der Waals surface area contributed by atoms with E-state index in [2.05, 4.69) is 27.9 Å². The van der Waals surface area contributed by atoms with E-state index in [1.807, 2.05) is 24.4 Å². The van der Waals surface area contributed by atoms with Crippen molar-refractivity contribution in [2.24, 2.45) is 5.92 Å². The number of hydrogen-bond donors (Lipinski definition) is 2. The van der Waals surface area contributed by atoms with Crippen molar-refractivity contribution < 1.29 is 9.53 Å². The lowest BCUT2D eigenvalue weighted by molar-refractivity contribution is -0.145. The van der Waals surface area contributed by atoms with Crippen LogP contribution in [0.3, 0.4) is 0 Å². The number of aromatic amines is 2. The number of aryl methyl sites for hydroxylation is 2. The number of ether oxygens (including phenoxy) is 1. The van der Waals surface area contributed by atoms with Crippen LogP contribution in [0.2, 0.25) is 0 Å². The highest BCUT2D eigenvalue weighted by molar-refractivity contribution is 7.18. The van der Waals surface area contributed by atoms with Gasteiger partial charge in [-0.1, -0.05) is 25.1 Å². The first-order valence-electron chi connectivity index (χ1n) is 10.8. The number of carbonyl (C=O) groups excluding carboxylic acids is 1. The van der Waals surface area contributed by atoms with Gasteiger partial charge >= 0.3 is 5.97 Å². The molecule has 0 saturated heterocycles. The molecule has 0 spiro atoms. The average Bonchev–Trinajstić information content (AvgIpc) is 3.33. The minimum Gasteiger partial charge on any atom is -0.458 e. The van der Waals surface area contributed by atoms with E-state index in [1.165, 1.54) is 15.8 Å². The Balaban J connectivity index is 1.19. The molecular weight excluding hydrogens is 410 g/mol. The van der Waals surface area contributed by atoms with Crippen molar-refractivity contribution in [1.82, 2.24) is 15.0 Å². The zero-order chi connectivity index (χ0) is 21.4. The Labute approximate surface area is 183 Å². The van der Waals surface area contributed by atoms with Crippen molar-refractivity contribution in [1.29, 1.82) is 0 Å². The maximum absolute atomic E-state index is 12.6. The molecule has 0 bridgehead atoms. The van der Waals surface area contributed by atoms with Crippen LogP contribution in [-0.2, 0) is 35.4 Å². The molecule has 3 aromatic heterocycles. The van der Waals surface area contributed by atoms with Gasteiger partial charge in [-0.05, 0) is 55.2 Å². The van der Waals surface area contributed by atoms with E-state index in [9.17, 15) is 9.59 Å². The van der Waals surface area contributed by atoms with Crippen molar-refractivity contribution in [2.45, 2.75) is 52.1 Å². The fraction of sp³-hybridized carbons (Fsp3) is 0.375. The number of rotatable bonds is 6. The van der Waals surface area contributed by atoms with Crippen LogP contribution >= 0.6 is 11.3 Å². The van der Waals surface area contributed by atoms with Gasteiger partial charge in [0.15, 0.2) is 0 Å². The Morgan fingerprint density at radius 3 is 3.10 bits per heavy atom. The molecule has 31 heavy (non-hydrogen) atoms. The zero-order valence-electron chi connectivity index (χ0n) is 17.5. The second kappa shape index (κ2) is 8.30. The van der Waals surface area contributed by atoms with Gasteiger partial charge in [-0.3, -0.25) is 9.59 Å². The molecule has 1 aliphatic rings. The van der Waals surface area contributed by atoms with Crippen molar-refractivity contribution in [3.63, 3.8) is 0 Å². The Bertz CT molecular complexity index is 1320. The van der Waals surface area contributed by atoms with Crippen LogP contribution in [0, 0.1) is 5.92 Å². The lowest BCUT2D eigenvalue weighted by Gasteiger charge is -2.17. The number of benzene rings is 1. The smallest absolute Gasteiger partial charge is 0.306 e. The largest absolute Gasteiger partial charge is 0.458 e. The molecule has 1 aliphatic carbocycles.